The van der Waals surface area contributed by atoms with E-state index in [1.807, 2.05) is 18.2 Å². The first-order chi connectivity index (χ1) is 11.7. The fourth-order valence-electron chi connectivity index (χ4n) is 2.42. The lowest BCUT2D eigenvalue weighted by Crippen LogP contribution is -2.32. The van der Waals surface area contributed by atoms with Gasteiger partial charge in [-0.2, -0.15) is 0 Å². The minimum absolute atomic E-state index is 0.0289. The van der Waals surface area contributed by atoms with Crippen molar-refractivity contribution in [1.29, 1.82) is 0 Å². The highest BCUT2D eigenvalue weighted by atomic mass is 16.5. The molecule has 0 aliphatic rings. The summed E-state index contributed by atoms with van der Waals surface area (Å²) < 4.78 is 5.03. The molecule has 124 valence electrons. The van der Waals surface area contributed by atoms with Gasteiger partial charge in [-0.05, 0) is 31.5 Å². The van der Waals surface area contributed by atoms with E-state index >= 15 is 0 Å². The maximum atomic E-state index is 12.3. The number of aliphatic hydroxyl groups excluding tert-OH is 1. The quantitative estimate of drug-likeness (QED) is 0.712. The van der Waals surface area contributed by atoms with Gasteiger partial charge in [-0.1, -0.05) is 11.2 Å². The third-order valence-electron chi connectivity index (χ3n) is 3.81. The number of amides is 1. The molecule has 0 bridgehead atoms. The predicted molar refractivity (Wildman–Crippen MR) is 87.4 cm³/mol. The highest BCUT2D eigenvalue weighted by Gasteiger charge is 2.14. The molecule has 0 aromatic carbocycles. The Morgan fingerprint density at radius 3 is 3.00 bits per heavy atom. The summed E-state index contributed by atoms with van der Waals surface area (Å²) in [6, 6.07) is 7.35. The summed E-state index contributed by atoms with van der Waals surface area (Å²) in [4.78, 5) is 20.6. The van der Waals surface area contributed by atoms with Crippen LogP contribution in [0.15, 0.2) is 41.2 Å². The molecule has 3 rings (SSSR count). The number of carbonyl (C=O) groups excluding carboxylic acids is 1. The lowest BCUT2D eigenvalue weighted by molar-refractivity contribution is 0.0939. The van der Waals surface area contributed by atoms with Crippen LogP contribution in [0.3, 0.4) is 0 Å². The van der Waals surface area contributed by atoms with Crippen molar-refractivity contribution >= 4 is 17.0 Å². The van der Waals surface area contributed by atoms with Crippen molar-refractivity contribution in [1.82, 2.24) is 20.4 Å². The average molecular weight is 326 g/mol. The zero-order valence-electron chi connectivity index (χ0n) is 13.3. The van der Waals surface area contributed by atoms with E-state index in [2.05, 4.69) is 20.4 Å². The van der Waals surface area contributed by atoms with Crippen molar-refractivity contribution in [2.45, 2.75) is 13.3 Å². The second kappa shape index (κ2) is 7.18. The van der Waals surface area contributed by atoms with E-state index < -0.39 is 0 Å². The first-order valence-corrected chi connectivity index (χ1v) is 7.68. The van der Waals surface area contributed by atoms with E-state index in [0.717, 1.165) is 11.1 Å². The van der Waals surface area contributed by atoms with Gasteiger partial charge in [0.2, 0.25) is 0 Å². The van der Waals surface area contributed by atoms with Gasteiger partial charge >= 0.3 is 0 Å². The number of aliphatic hydroxyl groups is 1. The Labute approximate surface area is 138 Å². The average Bonchev–Trinajstić information content (AvgIpc) is 2.99. The number of aromatic nitrogens is 3. The maximum Gasteiger partial charge on any atom is 0.257 e. The third kappa shape index (κ3) is 3.57. The Hall–Kier alpha value is -2.80. The summed E-state index contributed by atoms with van der Waals surface area (Å²) in [7, 11) is 0. The number of hydrogen-bond donors (Lipinski definition) is 2. The Morgan fingerprint density at radius 1 is 1.38 bits per heavy atom. The molecule has 0 aliphatic heterocycles. The van der Waals surface area contributed by atoms with Crippen LogP contribution in [-0.4, -0.2) is 39.3 Å². The van der Waals surface area contributed by atoms with E-state index in [0.29, 0.717) is 29.9 Å². The molecule has 1 unspecified atom stereocenters. The van der Waals surface area contributed by atoms with Crippen LogP contribution in [0.4, 0.5) is 0 Å². The van der Waals surface area contributed by atoms with Crippen molar-refractivity contribution in [3.8, 4) is 0 Å². The van der Waals surface area contributed by atoms with Crippen molar-refractivity contribution < 1.29 is 14.4 Å². The van der Waals surface area contributed by atoms with Gasteiger partial charge < -0.3 is 14.9 Å². The molecule has 0 saturated carbocycles. The minimum atomic E-state index is -0.246. The van der Waals surface area contributed by atoms with Gasteiger partial charge in [-0.3, -0.25) is 9.78 Å². The molecule has 0 aliphatic carbocycles. The largest absolute Gasteiger partial charge is 0.396 e. The molecule has 24 heavy (non-hydrogen) atoms. The fraction of sp³-hybridized carbons (Fsp3) is 0.294. The van der Waals surface area contributed by atoms with E-state index in [-0.39, 0.29) is 18.4 Å². The maximum absolute atomic E-state index is 12.3. The second-order valence-corrected chi connectivity index (χ2v) is 5.63. The van der Waals surface area contributed by atoms with Crippen molar-refractivity contribution in [2.24, 2.45) is 5.92 Å². The molecule has 3 heterocycles. The molecule has 1 amide bonds. The zero-order valence-corrected chi connectivity index (χ0v) is 13.3. The molecule has 1 atom stereocenters. The summed E-state index contributed by atoms with van der Waals surface area (Å²) in [5, 5.41) is 16.9. The normalized spacial score (nSPS) is 12.2. The van der Waals surface area contributed by atoms with Crippen LogP contribution in [-0.2, 0) is 6.42 Å². The van der Waals surface area contributed by atoms with Crippen LogP contribution < -0.4 is 5.32 Å². The molecular weight excluding hydrogens is 308 g/mol. The molecular formula is C17H18N4O3. The Morgan fingerprint density at radius 2 is 2.25 bits per heavy atom. The zero-order chi connectivity index (χ0) is 16.9. The van der Waals surface area contributed by atoms with Gasteiger partial charge in [0.15, 0.2) is 0 Å². The Kier molecular flexibility index (Phi) is 4.81. The molecule has 0 radical (unpaired) electrons. The summed E-state index contributed by atoms with van der Waals surface area (Å²) in [6.07, 6.45) is 3.76. The summed E-state index contributed by atoms with van der Waals surface area (Å²) in [5.41, 5.74) is 2.42. The lowest BCUT2D eigenvalue weighted by Gasteiger charge is -2.14. The molecule has 3 aromatic heterocycles. The molecule has 7 heteroatoms. The number of fused-ring (bicyclic) bond motifs is 1. The Balaban J connectivity index is 1.63. The van der Waals surface area contributed by atoms with E-state index in [4.69, 9.17) is 4.52 Å². The van der Waals surface area contributed by atoms with Gasteiger partial charge in [-0.25, -0.2) is 4.98 Å². The molecule has 3 aromatic rings. The summed E-state index contributed by atoms with van der Waals surface area (Å²) in [5.74, 6) is -0.345. The van der Waals surface area contributed by atoms with Gasteiger partial charge in [0, 0.05) is 37.2 Å². The van der Waals surface area contributed by atoms with Gasteiger partial charge in [0.25, 0.3) is 11.6 Å². The van der Waals surface area contributed by atoms with Gasteiger partial charge in [0.1, 0.15) is 0 Å². The molecule has 0 spiro atoms. The molecule has 0 saturated heterocycles. The first-order valence-electron chi connectivity index (χ1n) is 7.68. The van der Waals surface area contributed by atoms with Crippen LogP contribution in [0.25, 0.3) is 11.1 Å². The second-order valence-electron chi connectivity index (χ2n) is 5.63. The van der Waals surface area contributed by atoms with Crippen LogP contribution in [0.2, 0.25) is 0 Å². The SMILES string of the molecule is Cc1noc2ncc(C(=O)NCC(CO)Cc3ccccn3)cc12. The van der Waals surface area contributed by atoms with Crippen LogP contribution >= 0.6 is 0 Å². The van der Waals surface area contributed by atoms with E-state index in [1.165, 1.54) is 6.20 Å². The number of aryl methyl sites for hydroxylation is 1. The number of pyridine rings is 2. The van der Waals surface area contributed by atoms with Crippen LogP contribution in [0.5, 0.6) is 0 Å². The third-order valence-corrected chi connectivity index (χ3v) is 3.81. The number of hydrogen-bond acceptors (Lipinski definition) is 6. The topological polar surface area (TPSA) is 101 Å². The summed E-state index contributed by atoms with van der Waals surface area (Å²) in [6.45, 7) is 2.12. The highest BCUT2D eigenvalue weighted by molar-refractivity contribution is 5.96. The smallest absolute Gasteiger partial charge is 0.257 e. The number of nitrogens with one attached hydrogen (secondary N) is 1. The fourth-order valence-corrected chi connectivity index (χ4v) is 2.42. The number of rotatable bonds is 6. The monoisotopic (exact) mass is 326 g/mol. The predicted octanol–water partition coefficient (Wildman–Crippen LogP) is 1.51. The summed E-state index contributed by atoms with van der Waals surface area (Å²) >= 11 is 0. The standard InChI is InChI=1S/C17H18N4O3/c1-11-15-7-13(9-20-17(15)24-21-11)16(23)19-8-12(10-22)6-14-4-2-3-5-18-14/h2-5,7,9,12,22H,6,8,10H2,1H3,(H,19,23). The van der Waals surface area contributed by atoms with E-state index in [1.54, 1.807) is 19.2 Å². The van der Waals surface area contributed by atoms with Gasteiger partial charge in [-0.15, -0.1) is 0 Å². The lowest BCUT2D eigenvalue weighted by atomic mass is 10.0. The molecule has 7 nitrogen and oxygen atoms in total. The molecule has 0 fully saturated rings. The van der Waals surface area contributed by atoms with E-state index in [9.17, 15) is 9.90 Å². The minimum Gasteiger partial charge on any atom is -0.396 e. The molecule has 2 N–H and O–H groups in total. The number of nitrogens with zero attached hydrogens (tertiary/aromatic N) is 3. The highest BCUT2D eigenvalue weighted by Crippen LogP contribution is 2.16. The van der Waals surface area contributed by atoms with Crippen molar-refractivity contribution in [3.05, 3.63) is 53.6 Å². The van der Waals surface area contributed by atoms with Crippen molar-refractivity contribution in [2.75, 3.05) is 13.2 Å². The van der Waals surface area contributed by atoms with Crippen molar-refractivity contribution in [3.63, 3.8) is 0 Å². The van der Waals surface area contributed by atoms with Gasteiger partial charge in [0.05, 0.1) is 16.6 Å². The van der Waals surface area contributed by atoms with Crippen LogP contribution in [0, 0.1) is 12.8 Å². The Bertz CT molecular complexity index is 832. The number of carbonyl (C=O) groups is 1. The first kappa shape index (κ1) is 16.1. The van der Waals surface area contributed by atoms with Crippen LogP contribution in [0.1, 0.15) is 21.7 Å².